The maximum atomic E-state index is 5.59. The van der Waals surface area contributed by atoms with Gasteiger partial charge in [-0.3, -0.25) is 0 Å². The van der Waals surface area contributed by atoms with Gasteiger partial charge in [0.05, 0.1) is 22.8 Å². The Balaban J connectivity index is 1.34. The molecule has 8 aromatic rings. The van der Waals surface area contributed by atoms with Gasteiger partial charge in [-0.25, -0.2) is 9.98 Å². The molecule has 224 valence electrons. The molecule has 0 bridgehead atoms. The first-order chi connectivity index (χ1) is 23.8. The number of hydrogen-bond acceptors (Lipinski definition) is 2. The molecule has 0 atom stereocenters. The van der Waals surface area contributed by atoms with E-state index in [0.29, 0.717) is 0 Å². The monoisotopic (exact) mass is 610 g/mol. The predicted molar refractivity (Wildman–Crippen MR) is 202 cm³/mol. The van der Waals surface area contributed by atoms with Gasteiger partial charge in [0.25, 0.3) is 0 Å². The lowest BCUT2D eigenvalue weighted by Gasteiger charge is -2.20. The zero-order valence-corrected chi connectivity index (χ0v) is 26.2. The molecule has 0 aromatic heterocycles. The summed E-state index contributed by atoms with van der Waals surface area (Å²) in [4.78, 5) is 11.2. The number of rotatable bonds is 4. The zero-order chi connectivity index (χ0) is 31.9. The van der Waals surface area contributed by atoms with E-state index in [1.165, 1.54) is 11.1 Å². The van der Waals surface area contributed by atoms with Gasteiger partial charge >= 0.3 is 0 Å². The van der Waals surface area contributed by atoms with Crippen molar-refractivity contribution in [3.05, 3.63) is 204 Å². The summed E-state index contributed by atoms with van der Waals surface area (Å²) in [6, 6.07) is 64.5. The fourth-order valence-electron chi connectivity index (χ4n) is 6.78. The van der Waals surface area contributed by atoms with Crippen LogP contribution in [0.2, 0.25) is 0 Å². The molecule has 2 nitrogen and oxygen atoms in total. The van der Waals surface area contributed by atoms with Crippen LogP contribution in [-0.4, -0.2) is 11.4 Å². The van der Waals surface area contributed by atoms with E-state index in [1.54, 1.807) is 0 Å². The minimum Gasteiger partial charge on any atom is -0.247 e. The van der Waals surface area contributed by atoms with Crippen molar-refractivity contribution in [1.82, 2.24) is 0 Å². The van der Waals surface area contributed by atoms with Gasteiger partial charge in [0.2, 0.25) is 0 Å². The van der Waals surface area contributed by atoms with Crippen LogP contribution in [0.3, 0.4) is 0 Å². The van der Waals surface area contributed by atoms with Crippen LogP contribution in [0.5, 0.6) is 0 Å². The lowest BCUT2D eigenvalue weighted by molar-refractivity contribution is 1.41. The van der Waals surface area contributed by atoms with E-state index in [9.17, 15) is 0 Å². The van der Waals surface area contributed by atoms with Crippen molar-refractivity contribution in [1.29, 1.82) is 0 Å². The van der Waals surface area contributed by atoms with Gasteiger partial charge in [0.15, 0.2) is 0 Å². The van der Waals surface area contributed by atoms with E-state index in [0.717, 1.165) is 77.7 Å². The van der Waals surface area contributed by atoms with Gasteiger partial charge in [-0.05, 0) is 80.2 Å². The minimum atomic E-state index is 0.900. The summed E-state index contributed by atoms with van der Waals surface area (Å²) in [6.07, 6.45) is 0. The SMILES string of the molecule is c1ccc(-c2cccc(/C3=N/c4cc5ccccc5cc4/C(c4cccc(-c5ccccc5)c4)=N\c4cc5ccccc5cc43)c2)cc1. The van der Waals surface area contributed by atoms with Crippen molar-refractivity contribution in [2.24, 2.45) is 9.98 Å². The van der Waals surface area contributed by atoms with E-state index in [4.69, 9.17) is 9.98 Å². The summed E-state index contributed by atoms with van der Waals surface area (Å²) < 4.78 is 0. The highest BCUT2D eigenvalue weighted by atomic mass is 14.8. The van der Waals surface area contributed by atoms with Gasteiger partial charge in [-0.1, -0.05) is 146 Å². The molecule has 0 saturated carbocycles. The largest absolute Gasteiger partial charge is 0.247 e. The smallest absolute Gasteiger partial charge is 0.0803 e. The van der Waals surface area contributed by atoms with E-state index < -0.39 is 0 Å². The number of nitrogens with zero attached hydrogens (tertiary/aromatic N) is 2. The maximum absolute atomic E-state index is 5.59. The second kappa shape index (κ2) is 11.8. The molecular formula is C46H30N2. The van der Waals surface area contributed by atoms with E-state index in [1.807, 2.05) is 0 Å². The molecule has 9 rings (SSSR count). The Labute approximate surface area is 280 Å². The first-order valence-electron chi connectivity index (χ1n) is 16.3. The van der Waals surface area contributed by atoms with E-state index in [-0.39, 0.29) is 0 Å². The van der Waals surface area contributed by atoms with Gasteiger partial charge in [0.1, 0.15) is 0 Å². The highest BCUT2D eigenvalue weighted by Gasteiger charge is 2.22. The molecule has 0 amide bonds. The molecule has 0 fully saturated rings. The van der Waals surface area contributed by atoms with Crippen molar-refractivity contribution in [3.63, 3.8) is 0 Å². The fraction of sp³-hybridized carbons (Fsp3) is 0. The molecule has 0 radical (unpaired) electrons. The quantitative estimate of drug-likeness (QED) is 0.189. The Morgan fingerprint density at radius 3 is 1.00 bits per heavy atom. The Bertz CT molecular complexity index is 2360. The van der Waals surface area contributed by atoms with Crippen molar-refractivity contribution in [2.75, 3.05) is 0 Å². The lowest BCUT2D eigenvalue weighted by atomic mass is 9.91. The third kappa shape index (κ3) is 5.10. The van der Waals surface area contributed by atoms with Crippen LogP contribution in [0.4, 0.5) is 11.4 Å². The van der Waals surface area contributed by atoms with Gasteiger partial charge in [0, 0.05) is 22.3 Å². The summed E-state index contributed by atoms with van der Waals surface area (Å²) in [5, 5.41) is 4.61. The summed E-state index contributed by atoms with van der Waals surface area (Å²) in [5.41, 5.74) is 12.4. The third-order valence-corrected chi connectivity index (χ3v) is 9.19. The van der Waals surface area contributed by atoms with Crippen LogP contribution in [0, 0.1) is 0 Å². The molecule has 0 unspecified atom stereocenters. The Morgan fingerprint density at radius 1 is 0.250 bits per heavy atom. The van der Waals surface area contributed by atoms with Gasteiger partial charge in [-0.15, -0.1) is 0 Å². The predicted octanol–water partition coefficient (Wildman–Crippen LogP) is 12.0. The molecule has 0 aliphatic carbocycles. The van der Waals surface area contributed by atoms with Crippen LogP contribution in [0.25, 0.3) is 43.8 Å². The first kappa shape index (κ1) is 27.9. The standard InChI is InChI=1S/C46H30N2/c1-3-13-31(14-4-1)33-21-11-23-39(25-33)45-41-27-35-17-7-9-19-37(35)29-43(41)48-46(40-24-12-22-34(26-40)32-15-5-2-6-16-32)42-28-36-18-8-10-20-38(36)30-44(42)47-45/h1-30H/b45-41?,46-42?,47-44?,47-45-,48-43?,48-46-. The lowest BCUT2D eigenvalue weighted by Crippen LogP contribution is -2.11. The maximum Gasteiger partial charge on any atom is 0.0803 e. The Morgan fingerprint density at radius 2 is 0.583 bits per heavy atom. The molecular weight excluding hydrogens is 581 g/mol. The molecule has 0 saturated heterocycles. The molecule has 8 aromatic carbocycles. The second-order valence-corrected chi connectivity index (χ2v) is 12.2. The van der Waals surface area contributed by atoms with Crippen LogP contribution >= 0.6 is 0 Å². The van der Waals surface area contributed by atoms with E-state index >= 15 is 0 Å². The topological polar surface area (TPSA) is 24.7 Å². The Hall–Kier alpha value is -6.38. The highest BCUT2D eigenvalue weighted by Crippen LogP contribution is 2.38. The van der Waals surface area contributed by atoms with E-state index in [2.05, 4.69) is 182 Å². The zero-order valence-electron chi connectivity index (χ0n) is 26.2. The third-order valence-electron chi connectivity index (χ3n) is 9.19. The van der Waals surface area contributed by atoms with Crippen LogP contribution in [0.1, 0.15) is 22.3 Å². The van der Waals surface area contributed by atoms with Crippen molar-refractivity contribution >= 4 is 44.3 Å². The summed E-state index contributed by atoms with van der Waals surface area (Å²) >= 11 is 0. The molecule has 1 heterocycles. The van der Waals surface area contributed by atoms with Crippen molar-refractivity contribution < 1.29 is 0 Å². The van der Waals surface area contributed by atoms with Crippen molar-refractivity contribution in [3.8, 4) is 22.3 Å². The normalized spacial score (nSPS) is 14.6. The average molecular weight is 611 g/mol. The highest BCUT2D eigenvalue weighted by molar-refractivity contribution is 6.24. The Kier molecular flexibility index (Phi) is 6.84. The molecule has 1 aliphatic heterocycles. The molecule has 1 aliphatic rings. The van der Waals surface area contributed by atoms with Crippen LogP contribution in [0.15, 0.2) is 192 Å². The second-order valence-electron chi connectivity index (χ2n) is 12.2. The van der Waals surface area contributed by atoms with Gasteiger partial charge in [-0.2, -0.15) is 0 Å². The number of aliphatic imine (C=N–C) groups is 2. The number of hydrogen-bond donors (Lipinski definition) is 0. The van der Waals surface area contributed by atoms with Crippen LogP contribution in [-0.2, 0) is 0 Å². The number of benzene rings is 8. The summed E-state index contributed by atoms with van der Waals surface area (Å²) in [6.45, 7) is 0. The average Bonchev–Trinajstić information content (AvgIpc) is 3.15. The molecule has 2 heteroatoms. The summed E-state index contributed by atoms with van der Waals surface area (Å²) in [5.74, 6) is 0. The van der Waals surface area contributed by atoms with Crippen molar-refractivity contribution in [2.45, 2.75) is 0 Å². The van der Waals surface area contributed by atoms with Gasteiger partial charge < -0.3 is 0 Å². The first-order valence-corrected chi connectivity index (χ1v) is 16.3. The van der Waals surface area contributed by atoms with Crippen LogP contribution < -0.4 is 0 Å². The summed E-state index contributed by atoms with van der Waals surface area (Å²) in [7, 11) is 0. The minimum absolute atomic E-state index is 0.900. The fourth-order valence-corrected chi connectivity index (χ4v) is 6.78. The molecule has 48 heavy (non-hydrogen) atoms. The molecule has 0 spiro atoms. The number of fused-ring (bicyclic) bond motifs is 4. The molecule has 0 N–H and O–H groups in total.